The van der Waals surface area contributed by atoms with Crippen molar-refractivity contribution in [3.63, 3.8) is 0 Å². The average molecular weight is 292 g/mol. The van der Waals surface area contributed by atoms with E-state index in [9.17, 15) is 4.79 Å². The number of nitrogens with one attached hydrogen (secondary N) is 2. The van der Waals surface area contributed by atoms with E-state index in [0.29, 0.717) is 23.2 Å². The molecule has 3 rings (SSSR count). The molecule has 0 aromatic carbocycles. The van der Waals surface area contributed by atoms with Crippen molar-refractivity contribution in [2.75, 3.05) is 20.1 Å². The van der Waals surface area contributed by atoms with Crippen LogP contribution in [0.5, 0.6) is 0 Å². The van der Waals surface area contributed by atoms with Crippen LogP contribution in [0.1, 0.15) is 19.2 Å². The highest BCUT2D eigenvalue weighted by atomic mass is 32.1. The first kappa shape index (κ1) is 13.7. The number of rotatable bonds is 3. The van der Waals surface area contributed by atoms with Crippen molar-refractivity contribution in [2.24, 2.45) is 5.92 Å². The number of hydrogen-bond donors (Lipinski definition) is 2. The summed E-state index contributed by atoms with van der Waals surface area (Å²) in [6.07, 6.45) is 1.14. The maximum absolute atomic E-state index is 11.9. The minimum absolute atomic E-state index is 0.0294. The first-order valence-electron chi connectivity index (χ1n) is 7.02. The Bertz CT molecular complexity index is 650. The van der Waals surface area contributed by atoms with Gasteiger partial charge in [-0.2, -0.15) is 0 Å². The molecule has 1 aliphatic heterocycles. The zero-order valence-corrected chi connectivity index (χ0v) is 12.7. The highest BCUT2D eigenvalue weighted by Gasteiger charge is 2.23. The lowest BCUT2D eigenvalue weighted by Gasteiger charge is -2.35. The summed E-state index contributed by atoms with van der Waals surface area (Å²) in [5, 5.41) is 5.44. The predicted molar refractivity (Wildman–Crippen MR) is 82.1 cm³/mol. The largest absolute Gasteiger partial charge is 0.308 e. The lowest BCUT2D eigenvalue weighted by atomic mass is 9.94. The normalized spacial score (nSPS) is 24.3. The molecule has 2 unspecified atom stereocenters. The fourth-order valence-electron chi connectivity index (χ4n) is 2.89. The van der Waals surface area contributed by atoms with Crippen LogP contribution in [0.25, 0.3) is 10.2 Å². The molecular weight excluding hydrogens is 272 g/mol. The Hall–Kier alpha value is -1.24. The van der Waals surface area contributed by atoms with E-state index in [1.807, 2.05) is 11.4 Å². The standard InChI is InChI=1S/C14H20N4OS/c1-9-8-18(2)5-3-10(9)15-7-12-16-11-4-6-20-13(11)14(19)17-12/h4,6,9-10,15H,3,5,7-8H2,1-2H3,(H,16,17,19). The summed E-state index contributed by atoms with van der Waals surface area (Å²) in [6, 6.07) is 2.39. The van der Waals surface area contributed by atoms with Crippen molar-refractivity contribution in [2.45, 2.75) is 25.9 Å². The summed E-state index contributed by atoms with van der Waals surface area (Å²) in [7, 11) is 2.16. The number of aromatic amines is 1. The van der Waals surface area contributed by atoms with Gasteiger partial charge in [-0.3, -0.25) is 4.79 Å². The number of aromatic nitrogens is 2. The average Bonchev–Trinajstić information content (AvgIpc) is 2.86. The van der Waals surface area contributed by atoms with Crippen molar-refractivity contribution < 1.29 is 0 Å². The summed E-state index contributed by atoms with van der Waals surface area (Å²) in [5.74, 6) is 1.34. The SMILES string of the molecule is CC1CN(C)CCC1NCc1nc2ccsc2c(=O)[nH]1. The van der Waals surface area contributed by atoms with Gasteiger partial charge in [0.15, 0.2) is 0 Å². The molecule has 2 aromatic heterocycles. The van der Waals surface area contributed by atoms with E-state index >= 15 is 0 Å². The quantitative estimate of drug-likeness (QED) is 0.898. The Kier molecular flexibility index (Phi) is 3.87. The fourth-order valence-corrected chi connectivity index (χ4v) is 3.62. The van der Waals surface area contributed by atoms with Gasteiger partial charge in [0.1, 0.15) is 10.5 Å². The highest BCUT2D eigenvalue weighted by Crippen LogP contribution is 2.16. The molecule has 0 saturated carbocycles. The van der Waals surface area contributed by atoms with Gasteiger partial charge in [0, 0.05) is 12.6 Å². The number of piperidine rings is 1. The zero-order chi connectivity index (χ0) is 14.1. The van der Waals surface area contributed by atoms with E-state index in [4.69, 9.17) is 0 Å². The number of likely N-dealkylation sites (tertiary alicyclic amines) is 1. The fraction of sp³-hybridized carbons (Fsp3) is 0.571. The topological polar surface area (TPSA) is 61.0 Å². The van der Waals surface area contributed by atoms with E-state index in [1.165, 1.54) is 11.3 Å². The Morgan fingerprint density at radius 3 is 3.25 bits per heavy atom. The van der Waals surface area contributed by atoms with Gasteiger partial charge >= 0.3 is 0 Å². The molecule has 3 heterocycles. The van der Waals surface area contributed by atoms with E-state index in [0.717, 1.165) is 30.9 Å². The summed E-state index contributed by atoms with van der Waals surface area (Å²) >= 11 is 1.44. The second-order valence-electron chi connectivity index (χ2n) is 5.66. The molecule has 108 valence electrons. The number of fused-ring (bicyclic) bond motifs is 1. The van der Waals surface area contributed by atoms with Crippen LogP contribution in [0.4, 0.5) is 0 Å². The molecule has 0 amide bonds. The van der Waals surface area contributed by atoms with E-state index < -0.39 is 0 Å². The van der Waals surface area contributed by atoms with Crippen LogP contribution in [-0.4, -0.2) is 41.0 Å². The van der Waals surface area contributed by atoms with Crippen LogP contribution < -0.4 is 10.9 Å². The molecule has 5 nitrogen and oxygen atoms in total. The second-order valence-corrected chi connectivity index (χ2v) is 6.58. The van der Waals surface area contributed by atoms with Gasteiger partial charge < -0.3 is 15.2 Å². The van der Waals surface area contributed by atoms with Gasteiger partial charge in [0.25, 0.3) is 5.56 Å². The minimum Gasteiger partial charge on any atom is -0.308 e. The summed E-state index contributed by atoms with van der Waals surface area (Å²) in [6.45, 7) is 5.13. The lowest BCUT2D eigenvalue weighted by molar-refractivity contribution is 0.174. The molecule has 1 fully saturated rings. The zero-order valence-electron chi connectivity index (χ0n) is 11.8. The number of nitrogens with zero attached hydrogens (tertiary/aromatic N) is 2. The third kappa shape index (κ3) is 2.77. The Balaban J connectivity index is 1.69. The first-order valence-corrected chi connectivity index (χ1v) is 7.90. The monoisotopic (exact) mass is 292 g/mol. The molecule has 2 atom stereocenters. The summed E-state index contributed by atoms with van der Waals surface area (Å²) < 4.78 is 0.710. The van der Waals surface area contributed by atoms with Crippen molar-refractivity contribution >= 4 is 21.6 Å². The van der Waals surface area contributed by atoms with Crippen molar-refractivity contribution in [1.29, 1.82) is 0 Å². The maximum atomic E-state index is 11.9. The Morgan fingerprint density at radius 2 is 2.45 bits per heavy atom. The molecule has 20 heavy (non-hydrogen) atoms. The van der Waals surface area contributed by atoms with Gasteiger partial charge in [-0.15, -0.1) is 11.3 Å². The summed E-state index contributed by atoms with van der Waals surface area (Å²) in [4.78, 5) is 21.6. The van der Waals surface area contributed by atoms with Crippen molar-refractivity contribution in [1.82, 2.24) is 20.2 Å². The van der Waals surface area contributed by atoms with Crippen LogP contribution in [0, 0.1) is 5.92 Å². The third-order valence-corrected chi connectivity index (χ3v) is 4.91. The van der Waals surface area contributed by atoms with Gasteiger partial charge in [0.2, 0.25) is 0 Å². The van der Waals surface area contributed by atoms with Crippen LogP contribution >= 0.6 is 11.3 Å². The van der Waals surface area contributed by atoms with Crippen LogP contribution in [-0.2, 0) is 6.54 Å². The van der Waals surface area contributed by atoms with Gasteiger partial charge in [-0.05, 0) is 37.4 Å². The predicted octanol–water partition coefficient (Wildman–Crippen LogP) is 1.41. The van der Waals surface area contributed by atoms with Gasteiger partial charge in [-0.25, -0.2) is 4.98 Å². The molecule has 1 saturated heterocycles. The van der Waals surface area contributed by atoms with Crippen LogP contribution in [0.15, 0.2) is 16.2 Å². The highest BCUT2D eigenvalue weighted by molar-refractivity contribution is 7.17. The second kappa shape index (κ2) is 5.63. The first-order chi connectivity index (χ1) is 9.63. The number of thiophene rings is 1. The molecule has 6 heteroatoms. The molecule has 2 aromatic rings. The van der Waals surface area contributed by atoms with Crippen molar-refractivity contribution in [3.05, 3.63) is 27.6 Å². The Labute approximate surface area is 122 Å². The van der Waals surface area contributed by atoms with Gasteiger partial charge in [0.05, 0.1) is 12.1 Å². The molecule has 0 radical (unpaired) electrons. The molecular formula is C14H20N4OS. The Morgan fingerprint density at radius 1 is 1.60 bits per heavy atom. The molecule has 0 spiro atoms. The minimum atomic E-state index is -0.0294. The summed E-state index contributed by atoms with van der Waals surface area (Å²) in [5.41, 5.74) is 0.769. The molecule has 1 aliphatic rings. The number of hydrogen-bond acceptors (Lipinski definition) is 5. The van der Waals surface area contributed by atoms with E-state index in [2.05, 4.69) is 34.2 Å². The smallest absolute Gasteiger partial charge is 0.268 e. The molecule has 2 N–H and O–H groups in total. The lowest BCUT2D eigenvalue weighted by Crippen LogP contribution is -2.46. The van der Waals surface area contributed by atoms with E-state index in [1.54, 1.807) is 0 Å². The van der Waals surface area contributed by atoms with E-state index in [-0.39, 0.29) is 5.56 Å². The maximum Gasteiger partial charge on any atom is 0.268 e. The van der Waals surface area contributed by atoms with Crippen LogP contribution in [0.2, 0.25) is 0 Å². The molecule has 0 bridgehead atoms. The third-order valence-electron chi connectivity index (χ3n) is 4.00. The van der Waals surface area contributed by atoms with Crippen molar-refractivity contribution in [3.8, 4) is 0 Å². The van der Waals surface area contributed by atoms with Gasteiger partial charge in [-0.1, -0.05) is 6.92 Å². The number of H-pyrrole nitrogens is 1. The van der Waals surface area contributed by atoms with Crippen LogP contribution in [0.3, 0.4) is 0 Å². The molecule has 0 aliphatic carbocycles.